The Morgan fingerprint density at radius 2 is 1.86 bits per heavy atom. The summed E-state index contributed by atoms with van der Waals surface area (Å²) in [5, 5.41) is 5.85. The predicted molar refractivity (Wildman–Crippen MR) is 89.1 cm³/mol. The molecule has 3 amide bonds. The Morgan fingerprint density at radius 3 is 2.50 bits per heavy atom. The fraction of sp³-hybridized carbons (Fsp3) is 0.867. The van der Waals surface area contributed by atoms with E-state index in [1.165, 1.54) is 19.3 Å². The van der Waals surface area contributed by atoms with Crippen molar-refractivity contribution in [3.8, 4) is 0 Å². The number of carbonyl (C=O) groups excluding carboxylic acids is 2. The van der Waals surface area contributed by atoms with Gasteiger partial charge >= 0.3 is 6.03 Å². The van der Waals surface area contributed by atoms with Crippen LogP contribution in [0, 0.1) is 0 Å². The molecule has 2 fully saturated rings. The van der Waals surface area contributed by atoms with Crippen molar-refractivity contribution in [3.63, 3.8) is 0 Å². The summed E-state index contributed by atoms with van der Waals surface area (Å²) in [5.74, 6) is 0.150. The largest absolute Gasteiger partial charge is 0.341 e. The number of amides is 3. The van der Waals surface area contributed by atoms with Crippen LogP contribution in [0.4, 0.5) is 4.79 Å². The van der Waals surface area contributed by atoms with Crippen LogP contribution in [-0.2, 0) is 4.79 Å². The Morgan fingerprint density at radius 1 is 1.14 bits per heavy atom. The van der Waals surface area contributed by atoms with Crippen LogP contribution in [0.15, 0.2) is 0 Å². The third kappa shape index (κ3) is 6.40. The van der Waals surface area contributed by atoms with Crippen molar-refractivity contribution in [2.45, 2.75) is 63.5 Å². The number of nitrogens with zero attached hydrogens (tertiary/aromatic N) is 1. The molecule has 1 saturated carbocycles. The van der Waals surface area contributed by atoms with Crippen LogP contribution in [0.25, 0.3) is 0 Å². The Hall–Kier alpha value is -1.01. The topological polar surface area (TPSA) is 87.5 Å². The summed E-state index contributed by atoms with van der Waals surface area (Å²) in [7, 11) is 0. The molecule has 1 saturated heterocycles. The van der Waals surface area contributed by atoms with Crippen LogP contribution >= 0.6 is 12.4 Å². The highest BCUT2D eigenvalue weighted by atomic mass is 35.5. The average molecular weight is 333 g/mol. The first-order chi connectivity index (χ1) is 10.1. The quantitative estimate of drug-likeness (QED) is 0.665. The first kappa shape index (κ1) is 19.0. The van der Waals surface area contributed by atoms with Gasteiger partial charge in [0.25, 0.3) is 0 Å². The summed E-state index contributed by atoms with van der Waals surface area (Å²) in [6.07, 6.45) is 7.92. The number of carbonyl (C=O) groups is 2. The van der Waals surface area contributed by atoms with Crippen molar-refractivity contribution in [3.05, 3.63) is 0 Å². The second-order valence-electron chi connectivity index (χ2n) is 6.23. The van der Waals surface area contributed by atoms with E-state index in [9.17, 15) is 9.59 Å². The lowest BCUT2D eigenvalue weighted by molar-refractivity contribution is -0.130. The van der Waals surface area contributed by atoms with Gasteiger partial charge in [0.1, 0.15) is 0 Å². The molecule has 7 heteroatoms. The Balaban J connectivity index is 0.00000242. The maximum absolute atomic E-state index is 11.9. The van der Waals surface area contributed by atoms with Gasteiger partial charge < -0.3 is 21.3 Å². The molecule has 0 bridgehead atoms. The molecular formula is C15H29ClN4O2. The van der Waals surface area contributed by atoms with Crippen molar-refractivity contribution in [2.24, 2.45) is 5.73 Å². The predicted octanol–water partition coefficient (Wildman–Crippen LogP) is 1.38. The molecule has 6 nitrogen and oxygen atoms in total. The highest BCUT2D eigenvalue weighted by Gasteiger charge is 2.22. The number of rotatable bonds is 5. The van der Waals surface area contributed by atoms with Gasteiger partial charge in [-0.15, -0.1) is 12.4 Å². The number of nitrogens with two attached hydrogens (primary N) is 1. The van der Waals surface area contributed by atoms with Crippen LogP contribution in [0.5, 0.6) is 0 Å². The molecule has 2 rings (SSSR count). The van der Waals surface area contributed by atoms with Crippen LogP contribution in [0.2, 0.25) is 0 Å². The van der Waals surface area contributed by atoms with E-state index in [1.54, 1.807) is 0 Å². The lowest BCUT2D eigenvalue weighted by Gasteiger charge is -2.22. The van der Waals surface area contributed by atoms with E-state index in [4.69, 9.17) is 5.73 Å². The van der Waals surface area contributed by atoms with E-state index in [-0.39, 0.29) is 30.4 Å². The van der Waals surface area contributed by atoms with E-state index in [2.05, 4.69) is 10.6 Å². The minimum atomic E-state index is -0.0995. The molecule has 0 aromatic rings. The van der Waals surface area contributed by atoms with Crippen LogP contribution in [0.1, 0.15) is 51.4 Å². The molecule has 0 aromatic heterocycles. The molecule has 1 aliphatic heterocycles. The zero-order valence-corrected chi connectivity index (χ0v) is 14.0. The Bertz CT molecular complexity index is 361. The summed E-state index contributed by atoms with van der Waals surface area (Å²) in [6.45, 7) is 1.99. The zero-order valence-electron chi connectivity index (χ0n) is 13.2. The molecule has 0 radical (unpaired) electrons. The van der Waals surface area contributed by atoms with Gasteiger partial charge in [0.15, 0.2) is 0 Å². The minimum absolute atomic E-state index is 0. The molecule has 1 aliphatic carbocycles. The molecule has 0 unspecified atom stereocenters. The van der Waals surface area contributed by atoms with Gasteiger partial charge in [0, 0.05) is 38.1 Å². The molecule has 0 aromatic carbocycles. The SMILES string of the molecule is Cl.N[C@@H]1CCN(C(=O)CCCNC(=O)NC2CCCCC2)C1. The van der Waals surface area contributed by atoms with Crippen molar-refractivity contribution in [1.29, 1.82) is 0 Å². The smallest absolute Gasteiger partial charge is 0.315 e. The summed E-state index contributed by atoms with van der Waals surface area (Å²) >= 11 is 0. The first-order valence-electron chi connectivity index (χ1n) is 8.23. The van der Waals surface area contributed by atoms with Crippen molar-refractivity contribution in [2.75, 3.05) is 19.6 Å². The fourth-order valence-electron chi connectivity index (χ4n) is 3.10. The lowest BCUT2D eigenvalue weighted by atomic mass is 9.96. The van der Waals surface area contributed by atoms with Crippen LogP contribution in [0.3, 0.4) is 0 Å². The second-order valence-corrected chi connectivity index (χ2v) is 6.23. The molecule has 128 valence electrons. The fourth-order valence-corrected chi connectivity index (χ4v) is 3.10. The highest BCUT2D eigenvalue weighted by Crippen LogP contribution is 2.17. The standard InChI is InChI=1S/C15H28N4O2.ClH/c16-12-8-10-19(11-12)14(20)7-4-9-17-15(21)18-13-5-2-1-3-6-13;/h12-13H,1-11,16H2,(H2,17,18,21);1H/t12-;/m1./s1. The normalized spacial score (nSPS) is 22.0. The first-order valence-corrected chi connectivity index (χ1v) is 8.23. The summed E-state index contributed by atoms with van der Waals surface area (Å²) in [5.41, 5.74) is 5.79. The molecule has 2 aliphatic rings. The van der Waals surface area contributed by atoms with Gasteiger partial charge in [0.05, 0.1) is 0 Å². The number of nitrogens with one attached hydrogen (secondary N) is 2. The number of likely N-dealkylation sites (tertiary alicyclic amines) is 1. The van der Waals surface area contributed by atoms with E-state index in [0.29, 0.717) is 32.0 Å². The van der Waals surface area contributed by atoms with Gasteiger partial charge in [0.2, 0.25) is 5.91 Å². The molecule has 22 heavy (non-hydrogen) atoms. The second kappa shape index (κ2) is 9.90. The molecule has 1 atom stereocenters. The maximum atomic E-state index is 11.9. The van der Waals surface area contributed by atoms with Gasteiger partial charge in [-0.25, -0.2) is 4.79 Å². The van der Waals surface area contributed by atoms with E-state index < -0.39 is 0 Å². The van der Waals surface area contributed by atoms with Gasteiger partial charge in [-0.1, -0.05) is 19.3 Å². The third-order valence-corrected chi connectivity index (χ3v) is 4.37. The van der Waals surface area contributed by atoms with Crippen LogP contribution < -0.4 is 16.4 Å². The van der Waals surface area contributed by atoms with Gasteiger partial charge in [-0.3, -0.25) is 4.79 Å². The minimum Gasteiger partial charge on any atom is -0.341 e. The van der Waals surface area contributed by atoms with E-state index in [0.717, 1.165) is 25.8 Å². The highest BCUT2D eigenvalue weighted by molar-refractivity contribution is 5.85. The summed E-state index contributed by atoms with van der Waals surface area (Å²) in [6, 6.07) is 0.359. The van der Waals surface area contributed by atoms with Gasteiger partial charge in [-0.05, 0) is 25.7 Å². The average Bonchev–Trinajstić information content (AvgIpc) is 2.91. The number of hydrogen-bond acceptors (Lipinski definition) is 3. The van der Waals surface area contributed by atoms with Crippen molar-refractivity contribution >= 4 is 24.3 Å². The third-order valence-electron chi connectivity index (χ3n) is 4.37. The number of halogens is 1. The summed E-state index contributed by atoms with van der Waals surface area (Å²) in [4.78, 5) is 25.4. The Kier molecular flexibility index (Phi) is 8.56. The van der Waals surface area contributed by atoms with Crippen LogP contribution in [-0.4, -0.2) is 48.6 Å². The molecule has 4 N–H and O–H groups in total. The van der Waals surface area contributed by atoms with E-state index >= 15 is 0 Å². The monoisotopic (exact) mass is 332 g/mol. The zero-order chi connectivity index (χ0) is 15.1. The maximum Gasteiger partial charge on any atom is 0.315 e. The molecule has 0 spiro atoms. The van der Waals surface area contributed by atoms with Crippen molar-refractivity contribution in [1.82, 2.24) is 15.5 Å². The molecular weight excluding hydrogens is 304 g/mol. The number of hydrogen-bond donors (Lipinski definition) is 3. The van der Waals surface area contributed by atoms with E-state index in [1.807, 2.05) is 4.90 Å². The summed E-state index contributed by atoms with van der Waals surface area (Å²) < 4.78 is 0. The Labute approximate surface area is 139 Å². The van der Waals surface area contributed by atoms with Crippen molar-refractivity contribution < 1.29 is 9.59 Å². The van der Waals surface area contributed by atoms with Gasteiger partial charge in [-0.2, -0.15) is 0 Å². The lowest BCUT2D eigenvalue weighted by Crippen LogP contribution is -2.43. The number of urea groups is 1. The molecule has 1 heterocycles.